The highest BCUT2D eigenvalue weighted by atomic mass is 16.5. The Balaban J connectivity index is 0.000000181. The third kappa shape index (κ3) is 31.1. The number of unbranched alkanes of at least 4 members (excludes halogenated alkanes) is 3. The molecule has 5 saturated heterocycles. The predicted molar refractivity (Wildman–Crippen MR) is 446 cm³/mol. The Labute approximate surface area is 645 Å². The van der Waals surface area contributed by atoms with Gasteiger partial charge in [0.25, 0.3) is 0 Å². The first-order chi connectivity index (χ1) is 51.6. The minimum Gasteiger partial charge on any atom is -0.397 e. The van der Waals surface area contributed by atoms with Crippen molar-refractivity contribution >= 4 is 74.1 Å². The van der Waals surface area contributed by atoms with Gasteiger partial charge in [-0.2, -0.15) is 0 Å². The first-order valence-electron chi connectivity index (χ1n) is 39.7. The van der Waals surface area contributed by atoms with Gasteiger partial charge in [0.1, 0.15) is 44.4 Å². The number of hydrogen-bond acceptors (Lipinski definition) is 21. The number of likely N-dealkylation sites (N-methyl/N-ethyl adjacent to an activating group) is 2. The molecule has 5 aliphatic rings. The molecule has 0 unspecified atom stereocenters. The number of aryl methyl sites for hydroxylation is 7. The summed E-state index contributed by atoms with van der Waals surface area (Å²) in [5, 5.41) is 3.26. The van der Waals surface area contributed by atoms with Crippen molar-refractivity contribution < 1.29 is 36.5 Å². The van der Waals surface area contributed by atoms with Crippen LogP contribution in [0.2, 0.25) is 0 Å². The van der Waals surface area contributed by atoms with Gasteiger partial charge in [0.05, 0.1) is 288 Å². The van der Waals surface area contributed by atoms with E-state index < -0.39 is 0 Å². The van der Waals surface area contributed by atoms with Crippen LogP contribution in [0.1, 0.15) is 125 Å². The molecule has 12 rings (SSSR count). The van der Waals surface area contributed by atoms with Crippen LogP contribution < -0.4 is 78.7 Å². The quantitative estimate of drug-likeness (QED) is 0.0138. The minimum atomic E-state index is 0.588. The molecule has 596 valence electrons. The van der Waals surface area contributed by atoms with Crippen molar-refractivity contribution in [1.29, 1.82) is 0 Å². The molecule has 12 heterocycles. The number of hydrogen-bond donors (Lipinski definition) is 13. The maximum Gasteiger partial charge on any atom is 0.243 e. The number of nitrogens with zero attached hydrogens (tertiary/aromatic N) is 13. The fourth-order valence-electron chi connectivity index (χ4n) is 15.0. The molecule has 5 fully saturated rings. The monoisotopic (exact) mass is 1500 g/mol. The Morgan fingerprint density at radius 3 is 0.963 bits per heavy atom. The highest BCUT2D eigenvalue weighted by molar-refractivity contribution is 5.65. The Morgan fingerprint density at radius 2 is 0.639 bits per heavy atom. The van der Waals surface area contributed by atoms with Crippen molar-refractivity contribution in [3.63, 3.8) is 0 Å². The fourth-order valence-corrected chi connectivity index (χ4v) is 15.0. The lowest BCUT2D eigenvalue weighted by Crippen LogP contribution is -2.53. The van der Waals surface area contributed by atoms with Gasteiger partial charge >= 0.3 is 0 Å². The second-order valence-electron chi connectivity index (χ2n) is 32.2. The highest BCUT2D eigenvalue weighted by Crippen LogP contribution is 2.25. The van der Waals surface area contributed by atoms with Crippen LogP contribution >= 0.6 is 0 Å². The number of aromatic nitrogens is 8. The number of ether oxygens (including phenoxy) is 2. The number of imidazole rings is 1. The average Bonchev–Trinajstić information content (AvgIpc) is 1.37. The van der Waals surface area contributed by atoms with Crippen LogP contribution in [0.5, 0.6) is 0 Å². The van der Waals surface area contributed by atoms with Gasteiger partial charge in [0.15, 0.2) is 0 Å². The largest absolute Gasteiger partial charge is 0.397 e. The van der Waals surface area contributed by atoms with Gasteiger partial charge in [0.2, 0.25) is 6.33 Å². The van der Waals surface area contributed by atoms with E-state index in [1.54, 1.807) is 73.6 Å². The smallest absolute Gasteiger partial charge is 0.243 e. The summed E-state index contributed by atoms with van der Waals surface area (Å²) in [7, 11) is 13.7. The lowest BCUT2D eigenvalue weighted by atomic mass is 10.1. The molecule has 0 radical (unpaired) electrons. The van der Waals surface area contributed by atoms with Gasteiger partial charge < -0.3 is 106 Å². The van der Waals surface area contributed by atoms with Crippen LogP contribution in [0.3, 0.4) is 0 Å². The van der Waals surface area contributed by atoms with E-state index >= 15 is 0 Å². The molecule has 0 amide bonds. The Hall–Kier alpha value is -8.77. The van der Waals surface area contributed by atoms with Crippen LogP contribution in [0.4, 0.5) is 74.1 Å². The average molecular weight is 1500 g/mol. The van der Waals surface area contributed by atoms with E-state index in [0.29, 0.717) is 57.0 Å². The Kier molecular flexibility index (Phi) is 34.8. The molecule has 0 aromatic carbocycles. The third-order valence-corrected chi connectivity index (χ3v) is 22.1. The van der Waals surface area contributed by atoms with Crippen molar-refractivity contribution in [3.8, 4) is 0 Å². The normalized spacial score (nSPS) is 17.1. The van der Waals surface area contributed by atoms with Crippen LogP contribution in [0.15, 0.2) is 92.3 Å². The van der Waals surface area contributed by atoms with E-state index in [2.05, 4.69) is 87.6 Å². The van der Waals surface area contributed by atoms with E-state index in [-0.39, 0.29) is 0 Å². The number of pyridine rings is 6. The molecule has 0 aliphatic carbocycles. The lowest BCUT2D eigenvalue weighted by Gasteiger charge is -2.37. The molecular weight excluding hydrogens is 1360 g/mol. The maximum atomic E-state index is 5.93. The molecule has 28 nitrogen and oxygen atoms in total. The zero-order valence-corrected chi connectivity index (χ0v) is 66.7. The van der Waals surface area contributed by atoms with E-state index in [0.717, 1.165) is 191 Å². The van der Waals surface area contributed by atoms with Crippen molar-refractivity contribution in [2.45, 2.75) is 135 Å². The summed E-state index contributed by atoms with van der Waals surface area (Å²) >= 11 is 0. The van der Waals surface area contributed by atoms with E-state index in [4.69, 9.17) is 78.3 Å². The third-order valence-electron chi connectivity index (χ3n) is 22.1. The zero-order valence-electron chi connectivity index (χ0n) is 66.7. The minimum absolute atomic E-state index is 0.588. The van der Waals surface area contributed by atoms with Crippen LogP contribution in [-0.2, 0) is 55.2 Å². The zero-order chi connectivity index (χ0) is 78.0. The predicted octanol–water partition coefficient (Wildman–Crippen LogP) is 7.11. The van der Waals surface area contributed by atoms with E-state index in [1.165, 1.54) is 143 Å². The highest BCUT2D eigenvalue weighted by Gasteiger charge is 2.29. The van der Waals surface area contributed by atoms with Crippen molar-refractivity contribution in [2.24, 2.45) is 7.05 Å². The topological polar surface area (TPSA) is 429 Å². The van der Waals surface area contributed by atoms with Gasteiger partial charge in [-0.05, 0) is 133 Å². The summed E-state index contributed by atoms with van der Waals surface area (Å²) in [6, 6.07) is 10.7. The molecule has 108 heavy (non-hydrogen) atoms. The Bertz CT molecular complexity index is 3680. The molecule has 25 N–H and O–H groups in total. The molecule has 0 bridgehead atoms. The number of quaternary nitrogens is 5. The Morgan fingerprint density at radius 1 is 0.352 bits per heavy atom. The molecular formula is C80H140N26O2+6. The van der Waals surface area contributed by atoms with E-state index in [1.807, 2.05) is 17.8 Å². The van der Waals surface area contributed by atoms with Crippen molar-refractivity contribution in [2.75, 3.05) is 241 Å². The lowest BCUT2D eigenvalue weighted by molar-refractivity contribution is -0.917. The number of morpholine rings is 2. The molecule has 7 aromatic heterocycles. The van der Waals surface area contributed by atoms with Crippen molar-refractivity contribution in [3.05, 3.63) is 121 Å². The van der Waals surface area contributed by atoms with Crippen LogP contribution in [0.25, 0.3) is 0 Å². The molecule has 0 spiro atoms. The summed E-state index contributed by atoms with van der Waals surface area (Å²) < 4.78 is 20.8. The molecule has 7 aromatic rings. The fraction of sp³-hybridized carbons (Fsp3) is 0.588. The van der Waals surface area contributed by atoms with Gasteiger partial charge in [0, 0.05) is 32.1 Å². The van der Waals surface area contributed by atoms with Crippen molar-refractivity contribution in [1.82, 2.24) is 34.5 Å². The summed E-state index contributed by atoms with van der Waals surface area (Å²) in [5.74, 6) is 0.712. The second-order valence-corrected chi connectivity index (χ2v) is 32.2. The van der Waals surface area contributed by atoms with Gasteiger partial charge in [-0.1, -0.05) is 0 Å². The number of rotatable bonds is 27. The summed E-state index contributed by atoms with van der Waals surface area (Å²) in [6.45, 7) is 23.8. The number of likely N-dealkylation sites (tertiary alicyclic amines) is 3. The number of nitrogens with one attached hydrogen (secondary N) is 1. The molecule has 0 atom stereocenters. The standard InChI is InChI=1S/C15H27N4.C14H25N4O.C14H25N4.C13H23N4.C12H22N5O.C12H18N5/c1-19(8-4-2-5-9-19)10-6-3-7-15-14(17)11-13(16)12-18-15;1-18(6-8-19-9-7-18)5-3-2-4-14-13(16)10-12(15)11-17-14;1-18(8-4-5-9-18)7-3-2-6-14-13(16)10-12(15)11-17-14;1-17(6-2-3-7-17)8-4-5-13-12(15)9-11(14)10-16-13;1-17(4-6-18-7-5-17)3-2-15-12-11(14)8-10(13)9-16-12;1-16-5-6-17(9-16)4-2-3-12-11(14)7-10(13)8-15-12/h11-12H,2-10,16-17H2,1H3;10-11H,2-9,15-16H2,1H3;10-11H,2-9,15-16H2,1H3;9-10H,2-8,14-15H2,1H3;8-9H,2-7,13-14H2,1H3,(H,15,16);5-9H,2-4,13-14H2,1H3/q6*+1. The molecule has 0 saturated carbocycles. The van der Waals surface area contributed by atoms with Gasteiger partial charge in [-0.25, -0.2) is 14.1 Å². The molecule has 5 aliphatic heterocycles. The van der Waals surface area contributed by atoms with Gasteiger partial charge in [-0.15, -0.1) is 0 Å². The molecule has 28 heteroatoms. The van der Waals surface area contributed by atoms with Crippen LogP contribution in [0, 0.1) is 0 Å². The first-order valence-corrected chi connectivity index (χ1v) is 39.7. The second kappa shape index (κ2) is 43.4. The SMILES string of the molecule is C[N+]1(CCCCc2ncc(N)cc2N)CCCC1.C[N+]1(CCCCc2ncc(N)cc2N)CCCCC1.C[N+]1(CCCCc2ncc(N)cc2N)CCOCC1.C[N+]1(CCCc2ncc(N)cc2N)CCCC1.C[N+]1(CCNc2ncc(N)cc2N)CCOCC1.C[n+]1ccn(CCCc2ncc(N)cc2N)c1. The number of nitrogens with two attached hydrogens (primary N) is 12. The summed E-state index contributed by atoms with van der Waals surface area (Å²) in [6.07, 6.45) is 39.9. The first kappa shape index (κ1) is 86.5. The number of piperidine rings is 1. The number of nitrogen functional groups attached to an aromatic ring is 12. The van der Waals surface area contributed by atoms with Crippen LogP contribution in [-0.4, -0.2) is 223 Å². The van der Waals surface area contributed by atoms with Gasteiger partial charge in [-0.3, -0.25) is 24.9 Å². The maximum absolute atomic E-state index is 5.93. The summed E-state index contributed by atoms with van der Waals surface area (Å²) in [5.41, 5.74) is 81.9. The van der Waals surface area contributed by atoms with E-state index in [9.17, 15) is 0 Å². The number of anilines is 13. The summed E-state index contributed by atoms with van der Waals surface area (Å²) in [4.78, 5) is 25.7.